The fourth-order valence-electron chi connectivity index (χ4n) is 2.59. The fourth-order valence-corrected chi connectivity index (χ4v) is 2.59. The molecule has 1 heterocycles. The predicted molar refractivity (Wildman–Crippen MR) is 76.2 cm³/mol. The van der Waals surface area contributed by atoms with E-state index in [0.29, 0.717) is 6.04 Å². The highest BCUT2D eigenvalue weighted by molar-refractivity contribution is 5.59. The molecule has 18 heavy (non-hydrogen) atoms. The van der Waals surface area contributed by atoms with Crippen molar-refractivity contribution in [2.75, 3.05) is 31.1 Å². The number of β-amino-alcohol motifs (C(OH)–C–C–N with tert-alkyl or cyclic N) is 1. The number of rotatable bonds is 6. The number of aliphatic hydroxyl groups excluding tert-OH is 1. The summed E-state index contributed by atoms with van der Waals surface area (Å²) in [6.45, 7) is 7.49. The SMILES string of the molecule is CCCNC(C)c1ccc2c(c1)CCN2CCO. The van der Waals surface area contributed by atoms with Crippen LogP contribution in [0, 0.1) is 0 Å². The molecule has 0 bridgehead atoms. The molecule has 0 aromatic heterocycles. The van der Waals surface area contributed by atoms with Gasteiger partial charge in [-0.05, 0) is 43.5 Å². The summed E-state index contributed by atoms with van der Waals surface area (Å²) in [5, 5.41) is 12.6. The number of hydrogen-bond acceptors (Lipinski definition) is 3. The molecular weight excluding hydrogens is 224 g/mol. The van der Waals surface area contributed by atoms with E-state index in [1.165, 1.54) is 23.2 Å². The van der Waals surface area contributed by atoms with Crippen LogP contribution in [0.3, 0.4) is 0 Å². The van der Waals surface area contributed by atoms with Crippen molar-refractivity contribution in [3.63, 3.8) is 0 Å². The van der Waals surface area contributed by atoms with Gasteiger partial charge in [0, 0.05) is 24.8 Å². The topological polar surface area (TPSA) is 35.5 Å². The van der Waals surface area contributed by atoms with Crippen molar-refractivity contribution >= 4 is 5.69 Å². The number of anilines is 1. The molecule has 0 amide bonds. The summed E-state index contributed by atoms with van der Waals surface area (Å²) < 4.78 is 0. The summed E-state index contributed by atoms with van der Waals surface area (Å²) in [6.07, 6.45) is 2.27. The van der Waals surface area contributed by atoms with Crippen LogP contribution in [0.1, 0.15) is 37.4 Å². The molecule has 0 aliphatic carbocycles. The predicted octanol–water partition coefficient (Wildman–Crippen LogP) is 2.10. The smallest absolute Gasteiger partial charge is 0.0606 e. The minimum Gasteiger partial charge on any atom is -0.395 e. The van der Waals surface area contributed by atoms with E-state index in [-0.39, 0.29) is 6.61 Å². The molecule has 1 unspecified atom stereocenters. The van der Waals surface area contributed by atoms with Gasteiger partial charge in [-0.1, -0.05) is 19.1 Å². The summed E-state index contributed by atoms with van der Waals surface area (Å²) in [5.74, 6) is 0. The van der Waals surface area contributed by atoms with Crippen molar-refractivity contribution in [3.8, 4) is 0 Å². The molecule has 0 spiro atoms. The average Bonchev–Trinajstić information content (AvgIpc) is 2.79. The van der Waals surface area contributed by atoms with Crippen LogP contribution in [0.5, 0.6) is 0 Å². The van der Waals surface area contributed by atoms with Crippen molar-refractivity contribution < 1.29 is 5.11 Å². The molecule has 1 aliphatic heterocycles. The average molecular weight is 248 g/mol. The van der Waals surface area contributed by atoms with Crippen LogP contribution in [0.4, 0.5) is 5.69 Å². The first-order valence-corrected chi connectivity index (χ1v) is 6.98. The number of aliphatic hydroxyl groups is 1. The maximum atomic E-state index is 9.04. The van der Waals surface area contributed by atoms with Gasteiger partial charge in [-0.3, -0.25) is 0 Å². The zero-order valence-electron chi connectivity index (χ0n) is 11.4. The quantitative estimate of drug-likeness (QED) is 0.809. The van der Waals surface area contributed by atoms with Gasteiger partial charge in [-0.2, -0.15) is 0 Å². The lowest BCUT2D eigenvalue weighted by Crippen LogP contribution is -2.24. The van der Waals surface area contributed by atoms with Crippen LogP contribution in [-0.4, -0.2) is 31.3 Å². The molecule has 0 saturated carbocycles. The van der Waals surface area contributed by atoms with Gasteiger partial charge in [0.1, 0.15) is 0 Å². The lowest BCUT2D eigenvalue weighted by Gasteiger charge is -2.19. The van der Waals surface area contributed by atoms with Crippen molar-refractivity contribution in [1.29, 1.82) is 0 Å². The van der Waals surface area contributed by atoms with Crippen LogP contribution in [0.25, 0.3) is 0 Å². The Bertz CT molecular complexity index is 392. The maximum Gasteiger partial charge on any atom is 0.0606 e. The molecule has 1 aliphatic rings. The van der Waals surface area contributed by atoms with E-state index in [9.17, 15) is 0 Å². The number of fused-ring (bicyclic) bond motifs is 1. The largest absolute Gasteiger partial charge is 0.395 e. The monoisotopic (exact) mass is 248 g/mol. The van der Waals surface area contributed by atoms with Crippen molar-refractivity contribution in [2.24, 2.45) is 0 Å². The molecule has 0 fully saturated rings. The minimum absolute atomic E-state index is 0.232. The van der Waals surface area contributed by atoms with Crippen LogP contribution >= 0.6 is 0 Å². The second kappa shape index (κ2) is 6.21. The van der Waals surface area contributed by atoms with Crippen molar-refractivity contribution in [3.05, 3.63) is 29.3 Å². The highest BCUT2D eigenvalue weighted by Gasteiger charge is 2.19. The summed E-state index contributed by atoms with van der Waals surface area (Å²) >= 11 is 0. The van der Waals surface area contributed by atoms with E-state index in [1.54, 1.807) is 0 Å². The van der Waals surface area contributed by atoms with E-state index in [2.05, 4.69) is 42.3 Å². The van der Waals surface area contributed by atoms with Gasteiger partial charge < -0.3 is 15.3 Å². The van der Waals surface area contributed by atoms with E-state index < -0.39 is 0 Å². The highest BCUT2D eigenvalue weighted by atomic mass is 16.3. The first kappa shape index (κ1) is 13.4. The Morgan fingerprint density at radius 2 is 2.28 bits per heavy atom. The Labute approximate surface area is 110 Å². The number of hydrogen-bond donors (Lipinski definition) is 2. The second-order valence-electron chi connectivity index (χ2n) is 5.02. The summed E-state index contributed by atoms with van der Waals surface area (Å²) in [5.41, 5.74) is 4.09. The van der Waals surface area contributed by atoms with E-state index >= 15 is 0 Å². The second-order valence-corrected chi connectivity index (χ2v) is 5.02. The van der Waals surface area contributed by atoms with Gasteiger partial charge in [0.2, 0.25) is 0 Å². The van der Waals surface area contributed by atoms with Crippen LogP contribution in [0.15, 0.2) is 18.2 Å². The molecule has 0 radical (unpaired) electrons. The van der Waals surface area contributed by atoms with E-state index in [0.717, 1.165) is 26.1 Å². The summed E-state index contributed by atoms with van der Waals surface area (Å²) in [6, 6.07) is 7.15. The number of nitrogens with one attached hydrogen (secondary N) is 1. The van der Waals surface area contributed by atoms with Gasteiger partial charge in [-0.25, -0.2) is 0 Å². The van der Waals surface area contributed by atoms with Crippen molar-refractivity contribution in [1.82, 2.24) is 5.32 Å². The molecule has 0 saturated heterocycles. The summed E-state index contributed by atoms with van der Waals surface area (Å²) in [7, 11) is 0. The molecule has 2 N–H and O–H groups in total. The van der Waals surface area contributed by atoms with Crippen LogP contribution in [0.2, 0.25) is 0 Å². The first-order valence-electron chi connectivity index (χ1n) is 6.98. The molecule has 1 aromatic rings. The third-order valence-corrected chi connectivity index (χ3v) is 3.67. The zero-order chi connectivity index (χ0) is 13.0. The molecule has 100 valence electrons. The minimum atomic E-state index is 0.232. The Hall–Kier alpha value is -1.06. The van der Waals surface area contributed by atoms with E-state index in [1.807, 2.05) is 0 Å². The molecule has 1 atom stereocenters. The maximum absolute atomic E-state index is 9.04. The first-order chi connectivity index (χ1) is 8.76. The van der Waals surface area contributed by atoms with Gasteiger partial charge in [0.05, 0.1) is 6.61 Å². The molecule has 2 rings (SSSR count). The third-order valence-electron chi connectivity index (χ3n) is 3.67. The number of nitrogens with zero attached hydrogens (tertiary/aromatic N) is 1. The molecular formula is C15H24N2O. The third kappa shape index (κ3) is 2.85. The lowest BCUT2D eigenvalue weighted by molar-refractivity contribution is 0.303. The van der Waals surface area contributed by atoms with Crippen molar-refractivity contribution in [2.45, 2.75) is 32.7 Å². The Morgan fingerprint density at radius 1 is 1.44 bits per heavy atom. The highest BCUT2D eigenvalue weighted by Crippen LogP contribution is 2.30. The molecule has 3 nitrogen and oxygen atoms in total. The Balaban J connectivity index is 2.09. The van der Waals surface area contributed by atoms with Gasteiger partial charge in [-0.15, -0.1) is 0 Å². The Morgan fingerprint density at radius 3 is 3.00 bits per heavy atom. The van der Waals surface area contributed by atoms with Crippen LogP contribution < -0.4 is 10.2 Å². The van der Waals surface area contributed by atoms with Crippen LogP contribution in [-0.2, 0) is 6.42 Å². The standard InChI is InChI=1S/C15H24N2O/c1-3-7-16-12(2)13-4-5-15-14(11-13)6-8-17(15)9-10-18/h4-5,11-12,16,18H,3,6-10H2,1-2H3. The van der Waals surface area contributed by atoms with Gasteiger partial charge >= 0.3 is 0 Å². The number of benzene rings is 1. The summed E-state index contributed by atoms with van der Waals surface area (Å²) in [4.78, 5) is 2.27. The lowest BCUT2D eigenvalue weighted by atomic mass is 10.0. The van der Waals surface area contributed by atoms with Gasteiger partial charge in [0.25, 0.3) is 0 Å². The molecule has 3 heteroatoms. The van der Waals surface area contributed by atoms with E-state index in [4.69, 9.17) is 5.11 Å². The molecule has 1 aromatic carbocycles. The normalized spacial score (nSPS) is 15.8. The van der Waals surface area contributed by atoms with Gasteiger partial charge in [0.15, 0.2) is 0 Å². The zero-order valence-corrected chi connectivity index (χ0v) is 11.4. The Kier molecular flexibility index (Phi) is 4.61. The fraction of sp³-hybridized carbons (Fsp3) is 0.600.